The maximum atomic E-state index is 13.5. The monoisotopic (exact) mass is 695 g/mol. The molecule has 0 aromatic heterocycles. The van der Waals surface area contributed by atoms with Crippen LogP contribution in [0.2, 0.25) is 10.0 Å². The zero-order valence-corrected chi connectivity index (χ0v) is 28.1. The Balaban J connectivity index is 1.33. The van der Waals surface area contributed by atoms with Gasteiger partial charge in [-0.25, -0.2) is 0 Å². The number of hydrogen-bond acceptors (Lipinski definition) is 5. The Labute approximate surface area is 293 Å². The number of amides is 3. The molecule has 3 amide bonds. The van der Waals surface area contributed by atoms with Crippen LogP contribution < -0.4 is 20.7 Å². The molecule has 242 valence electrons. The highest BCUT2D eigenvalue weighted by Crippen LogP contribution is 2.37. The second-order valence-electron chi connectivity index (χ2n) is 10.4. The van der Waals surface area contributed by atoms with E-state index in [1.54, 1.807) is 84.9 Å². The van der Waals surface area contributed by atoms with Crippen molar-refractivity contribution in [2.75, 3.05) is 17.2 Å². The fourth-order valence-electron chi connectivity index (χ4n) is 4.58. The molecule has 0 saturated carbocycles. The van der Waals surface area contributed by atoms with Gasteiger partial charge in [0.2, 0.25) is 5.91 Å². The van der Waals surface area contributed by atoms with E-state index < -0.39 is 17.1 Å². The number of anilines is 2. The molecule has 5 aromatic carbocycles. The van der Waals surface area contributed by atoms with Gasteiger partial charge < -0.3 is 20.7 Å². The highest BCUT2D eigenvalue weighted by molar-refractivity contribution is 8.00. The summed E-state index contributed by atoms with van der Waals surface area (Å²) in [5, 5.41) is 8.73. The molecule has 1 atom stereocenters. The SMILES string of the molecule is CCOc1ccc(/C=C(\NC(=O)c2ccccc2)C(=O)Nc2ccc(SC(C(=O)Nc3ccc(Cl)cc3Cl)c3ccccc3)cc2)cc1. The van der Waals surface area contributed by atoms with Crippen LogP contribution in [0, 0.1) is 0 Å². The van der Waals surface area contributed by atoms with Crippen LogP contribution in [-0.4, -0.2) is 24.3 Å². The fourth-order valence-corrected chi connectivity index (χ4v) is 6.06. The molecule has 10 heteroatoms. The maximum Gasteiger partial charge on any atom is 0.272 e. The van der Waals surface area contributed by atoms with Crippen molar-refractivity contribution in [2.24, 2.45) is 0 Å². The Morgan fingerprint density at radius 1 is 0.792 bits per heavy atom. The molecule has 0 aliphatic heterocycles. The van der Waals surface area contributed by atoms with E-state index in [1.165, 1.54) is 11.8 Å². The summed E-state index contributed by atoms with van der Waals surface area (Å²) in [4.78, 5) is 40.8. The molecule has 3 N–H and O–H groups in total. The second-order valence-corrected chi connectivity index (χ2v) is 12.4. The number of halogens is 2. The summed E-state index contributed by atoms with van der Waals surface area (Å²) < 4.78 is 5.52. The summed E-state index contributed by atoms with van der Waals surface area (Å²) in [6.45, 7) is 2.43. The third-order valence-electron chi connectivity index (χ3n) is 6.93. The average molecular weight is 697 g/mol. The van der Waals surface area contributed by atoms with Crippen molar-refractivity contribution in [1.82, 2.24) is 5.32 Å². The van der Waals surface area contributed by atoms with Crippen LogP contribution in [0.3, 0.4) is 0 Å². The van der Waals surface area contributed by atoms with Crippen LogP contribution in [0.5, 0.6) is 5.75 Å². The Hall–Kier alpha value is -5.02. The molecule has 0 aliphatic carbocycles. The molecule has 5 rings (SSSR count). The lowest BCUT2D eigenvalue weighted by molar-refractivity contribution is -0.116. The largest absolute Gasteiger partial charge is 0.494 e. The number of rotatable bonds is 12. The molecule has 1 unspecified atom stereocenters. The minimum absolute atomic E-state index is 0.0631. The molecule has 0 saturated heterocycles. The fraction of sp³-hybridized carbons (Fsp3) is 0.0789. The number of carbonyl (C=O) groups is 3. The number of nitrogens with one attached hydrogen (secondary N) is 3. The lowest BCUT2D eigenvalue weighted by Gasteiger charge is -2.18. The molecule has 0 spiro atoms. The molecule has 0 bridgehead atoms. The quantitative estimate of drug-likeness (QED) is 0.0893. The smallest absolute Gasteiger partial charge is 0.272 e. The second kappa shape index (κ2) is 16.7. The van der Waals surface area contributed by atoms with Crippen LogP contribution in [-0.2, 0) is 9.59 Å². The molecule has 0 heterocycles. The molecule has 48 heavy (non-hydrogen) atoms. The first-order valence-electron chi connectivity index (χ1n) is 15.0. The average Bonchev–Trinajstić information content (AvgIpc) is 3.10. The van der Waals surface area contributed by atoms with E-state index in [9.17, 15) is 14.4 Å². The molecule has 0 radical (unpaired) electrons. The predicted molar refractivity (Wildman–Crippen MR) is 195 cm³/mol. The topological polar surface area (TPSA) is 96.5 Å². The highest BCUT2D eigenvalue weighted by atomic mass is 35.5. The van der Waals surface area contributed by atoms with E-state index in [0.29, 0.717) is 44.9 Å². The lowest BCUT2D eigenvalue weighted by Crippen LogP contribution is -2.30. The van der Waals surface area contributed by atoms with Crippen molar-refractivity contribution in [2.45, 2.75) is 17.1 Å². The van der Waals surface area contributed by atoms with Gasteiger partial charge in [-0.3, -0.25) is 14.4 Å². The Morgan fingerprint density at radius 3 is 2.10 bits per heavy atom. The molecule has 0 fully saturated rings. The lowest BCUT2D eigenvalue weighted by atomic mass is 10.1. The first kappa shape index (κ1) is 34.3. The summed E-state index contributed by atoms with van der Waals surface area (Å²) in [5.41, 5.74) is 2.95. The summed E-state index contributed by atoms with van der Waals surface area (Å²) in [7, 11) is 0. The van der Waals surface area contributed by atoms with Crippen molar-refractivity contribution in [3.63, 3.8) is 0 Å². The summed E-state index contributed by atoms with van der Waals surface area (Å²) >= 11 is 13.7. The van der Waals surface area contributed by atoms with Crippen LogP contribution in [0.25, 0.3) is 6.08 Å². The van der Waals surface area contributed by atoms with E-state index in [-0.39, 0.29) is 11.6 Å². The van der Waals surface area contributed by atoms with E-state index in [1.807, 2.05) is 55.5 Å². The Morgan fingerprint density at radius 2 is 1.46 bits per heavy atom. The predicted octanol–water partition coefficient (Wildman–Crippen LogP) is 9.27. The number of hydrogen-bond donors (Lipinski definition) is 3. The first-order chi connectivity index (χ1) is 23.3. The normalized spacial score (nSPS) is 11.7. The van der Waals surface area contributed by atoms with E-state index in [2.05, 4.69) is 16.0 Å². The van der Waals surface area contributed by atoms with Crippen molar-refractivity contribution in [3.8, 4) is 5.75 Å². The van der Waals surface area contributed by atoms with Crippen molar-refractivity contribution in [1.29, 1.82) is 0 Å². The van der Waals surface area contributed by atoms with Gasteiger partial charge in [-0.1, -0.05) is 83.9 Å². The summed E-state index contributed by atoms with van der Waals surface area (Å²) in [5.74, 6) is -0.478. The van der Waals surface area contributed by atoms with Gasteiger partial charge in [-0.15, -0.1) is 11.8 Å². The minimum atomic E-state index is -0.602. The third kappa shape index (κ3) is 9.51. The highest BCUT2D eigenvalue weighted by Gasteiger charge is 2.23. The van der Waals surface area contributed by atoms with Gasteiger partial charge in [0.25, 0.3) is 11.8 Å². The van der Waals surface area contributed by atoms with Gasteiger partial charge in [0.1, 0.15) is 16.7 Å². The van der Waals surface area contributed by atoms with Crippen molar-refractivity contribution >= 4 is 70.1 Å². The van der Waals surface area contributed by atoms with E-state index >= 15 is 0 Å². The van der Waals surface area contributed by atoms with E-state index in [4.69, 9.17) is 27.9 Å². The zero-order chi connectivity index (χ0) is 33.9. The molecule has 5 aromatic rings. The van der Waals surface area contributed by atoms with Crippen LogP contribution in [0.4, 0.5) is 11.4 Å². The van der Waals surface area contributed by atoms with Gasteiger partial charge in [0.15, 0.2) is 0 Å². The van der Waals surface area contributed by atoms with Gasteiger partial charge in [-0.2, -0.15) is 0 Å². The maximum absolute atomic E-state index is 13.5. The van der Waals surface area contributed by atoms with E-state index in [0.717, 1.165) is 10.5 Å². The van der Waals surface area contributed by atoms with Gasteiger partial charge in [0, 0.05) is 21.2 Å². The van der Waals surface area contributed by atoms with Crippen molar-refractivity contribution < 1.29 is 19.1 Å². The number of ether oxygens (including phenoxy) is 1. The number of thioether (sulfide) groups is 1. The van der Waals surface area contributed by atoms with Gasteiger partial charge in [-0.05, 0) is 90.9 Å². The molecule has 0 aliphatic rings. The molecule has 7 nitrogen and oxygen atoms in total. The zero-order valence-electron chi connectivity index (χ0n) is 25.8. The van der Waals surface area contributed by atoms with Crippen LogP contribution in [0.15, 0.2) is 138 Å². The van der Waals surface area contributed by atoms with Crippen LogP contribution >= 0.6 is 35.0 Å². The summed E-state index contributed by atoms with van der Waals surface area (Å²) in [6.07, 6.45) is 1.60. The molecular formula is C38H31Cl2N3O4S. The standard InChI is InChI=1S/C38H31Cl2N3O4S/c1-2-47-30-18-13-25(14-19-30)23-34(43-36(44)27-11-7-4-8-12-27)37(45)41-29-16-20-31(21-17-29)48-35(26-9-5-3-6-10-26)38(46)42-33-22-15-28(39)24-32(33)40/h3-24,35H,2H2,1H3,(H,41,45)(H,42,46)(H,43,44)/b34-23-. The first-order valence-corrected chi connectivity index (χ1v) is 16.6. The number of benzene rings is 5. The third-order valence-corrected chi connectivity index (χ3v) is 8.74. The minimum Gasteiger partial charge on any atom is -0.494 e. The van der Waals surface area contributed by atoms with Crippen molar-refractivity contribution in [3.05, 3.63) is 160 Å². The summed E-state index contributed by atoms with van der Waals surface area (Å²) in [6, 6.07) is 37.3. The van der Waals surface area contributed by atoms with Gasteiger partial charge >= 0.3 is 0 Å². The number of carbonyl (C=O) groups excluding carboxylic acids is 3. The Kier molecular flexibility index (Phi) is 11.9. The van der Waals surface area contributed by atoms with Crippen LogP contribution in [0.1, 0.15) is 33.7 Å². The molecular weight excluding hydrogens is 665 g/mol. The Bertz CT molecular complexity index is 1900. The van der Waals surface area contributed by atoms with Gasteiger partial charge in [0.05, 0.1) is 17.3 Å².